The van der Waals surface area contributed by atoms with Gasteiger partial charge in [0, 0.05) is 12.7 Å². The zero-order valence-corrected chi connectivity index (χ0v) is 13.3. The molecule has 2 heterocycles. The third kappa shape index (κ3) is 3.22. The third-order valence-corrected chi connectivity index (χ3v) is 3.99. The van der Waals surface area contributed by atoms with E-state index in [4.69, 9.17) is 9.47 Å². The van der Waals surface area contributed by atoms with Gasteiger partial charge in [0.1, 0.15) is 5.54 Å². The summed E-state index contributed by atoms with van der Waals surface area (Å²) in [5, 5.41) is 0. The molecular weight excluding hydrogens is 270 g/mol. The lowest BCUT2D eigenvalue weighted by atomic mass is 9.86. The van der Waals surface area contributed by atoms with Crippen LogP contribution in [0.2, 0.25) is 0 Å². The maximum absolute atomic E-state index is 12.5. The molecule has 0 spiro atoms. The minimum Gasteiger partial charge on any atom is -0.461 e. The van der Waals surface area contributed by atoms with Gasteiger partial charge in [-0.2, -0.15) is 0 Å². The first-order valence-corrected chi connectivity index (χ1v) is 7.74. The van der Waals surface area contributed by atoms with Gasteiger partial charge in [0.05, 0.1) is 17.8 Å². The average Bonchev–Trinajstić information content (AvgIpc) is 2.80. The molecule has 1 fully saturated rings. The summed E-state index contributed by atoms with van der Waals surface area (Å²) in [6.07, 6.45) is 4.48. The summed E-state index contributed by atoms with van der Waals surface area (Å²) in [6, 6.07) is 0. The Morgan fingerprint density at radius 3 is 2.43 bits per heavy atom. The van der Waals surface area contributed by atoms with Gasteiger partial charge < -0.3 is 14.4 Å². The molecule has 2 rings (SSSR count). The number of carbonyl (C=O) groups excluding carboxylic acids is 2. The molecule has 0 aromatic heterocycles. The molecule has 5 nitrogen and oxygen atoms in total. The number of ether oxygens (including phenoxy) is 2. The molecule has 0 saturated carbocycles. The van der Waals surface area contributed by atoms with Crippen molar-refractivity contribution in [2.24, 2.45) is 0 Å². The van der Waals surface area contributed by atoms with E-state index in [1.54, 1.807) is 0 Å². The maximum Gasteiger partial charge on any atom is 0.335 e. The Bertz CT molecular complexity index is 455. The van der Waals surface area contributed by atoms with Gasteiger partial charge in [-0.15, -0.1) is 0 Å². The molecule has 0 aromatic carbocycles. The van der Waals surface area contributed by atoms with Crippen molar-refractivity contribution in [3.05, 3.63) is 11.8 Å². The molecule has 0 unspecified atom stereocenters. The van der Waals surface area contributed by atoms with E-state index in [0.29, 0.717) is 18.4 Å². The highest BCUT2D eigenvalue weighted by Gasteiger charge is 2.50. The van der Waals surface area contributed by atoms with Crippen LogP contribution in [0.1, 0.15) is 53.4 Å². The van der Waals surface area contributed by atoms with E-state index in [1.807, 2.05) is 38.8 Å². The van der Waals surface area contributed by atoms with Crippen LogP contribution in [-0.4, -0.2) is 41.1 Å². The van der Waals surface area contributed by atoms with Crippen molar-refractivity contribution < 1.29 is 19.1 Å². The molecule has 1 atom stereocenters. The van der Waals surface area contributed by atoms with E-state index in [1.165, 1.54) is 0 Å². The van der Waals surface area contributed by atoms with Crippen LogP contribution in [0, 0.1) is 0 Å². The van der Waals surface area contributed by atoms with Gasteiger partial charge in [-0.1, -0.05) is 0 Å². The van der Waals surface area contributed by atoms with E-state index < -0.39 is 5.54 Å². The second-order valence-electron chi connectivity index (χ2n) is 6.39. The fourth-order valence-electron chi connectivity index (χ4n) is 3.04. The molecule has 0 bridgehead atoms. The number of rotatable bonds is 4. The second-order valence-corrected chi connectivity index (χ2v) is 6.39. The molecule has 2 aliphatic rings. The van der Waals surface area contributed by atoms with Crippen LogP contribution in [0.15, 0.2) is 11.8 Å². The third-order valence-electron chi connectivity index (χ3n) is 3.99. The van der Waals surface area contributed by atoms with Crippen LogP contribution in [0.3, 0.4) is 0 Å². The van der Waals surface area contributed by atoms with Crippen molar-refractivity contribution in [2.45, 2.75) is 71.1 Å². The number of nitrogens with zero attached hydrogens (tertiary/aromatic N) is 1. The van der Waals surface area contributed by atoms with Crippen molar-refractivity contribution in [3.63, 3.8) is 0 Å². The van der Waals surface area contributed by atoms with Gasteiger partial charge in [-0.3, -0.25) is 0 Å². The lowest BCUT2D eigenvalue weighted by Gasteiger charge is -2.39. The maximum atomic E-state index is 12.5. The summed E-state index contributed by atoms with van der Waals surface area (Å²) in [7, 11) is 0. The summed E-state index contributed by atoms with van der Waals surface area (Å²) >= 11 is 0. The van der Waals surface area contributed by atoms with Gasteiger partial charge in [0.2, 0.25) is 0 Å². The van der Waals surface area contributed by atoms with Crippen molar-refractivity contribution in [1.29, 1.82) is 0 Å². The predicted molar refractivity (Wildman–Crippen MR) is 78.4 cm³/mol. The number of hydrogen-bond donors (Lipinski definition) is 0. The van der Waals surface area contributed by atoms with Crippen molar-refractivity contribution in [1.82, 2.24) is 4.90 Å². The molecule has 21 heavy (non-hydrogen) atoms. The topological polar surface area (TPSA) is 55.8 Å². The number of esters is 2. The Hall–Kier alpha value is -1.52. The van der Waals surface area contributed by atoms with Crippen LogP contribution >= 0.6 is 0 Å². The Morgan fingerprint density at radius 2 is 1.81 bits per heavy atom. The molecule has 118 valence electrons. The standard InChI is InChI=1S/C16H25NO4/c1-11(2)20-14(18)13-6-8-16(15(19)21-12(3)4)7-5-9-17(16)10-13/h10-12H,5-9H2,1-4H3/t16-/m0/s1. The fourth-order valence-corrected chi connectivity index (χ4v) is 3.04. The first-order chi connectivity index (χ1) is 9.85. The lowest BCUT2D eigenvalue weighted by molar-refractivity contribution is -0.160. The first-order valence-electron chi connectivity index (χ1n) is 7.74. The molecule has 0 N–H and O–H groups in total. The largest absolute Gasteiger partial charge is 0.461 e. The number of fused-ring (bicyclic) bond motifs is 1. The monoisotopic (exact) mass is 295 g/mol. The van der Waals surface area contributed by atoms with Crippen LogP contribution in [0.5, 0.6) is 0 Å². The van der Waals surface area contributed by atoms with Gasteiger partial charge in [0.15, 0.2) is 0 Å². The molecule has 0 radical (unpaired) electrons. The zero-order valence-electron chi connectivity index (χ0n) is 13.3. The highest BCUT2D eigenvalue weighted by atomic mass is 16.5. The lowest BCUT2D eigenvalue weighted by Crippen LogP contribution is -2.51. The SMILES string of the molecule is CC(C)OC(=O)C1=CN2CCC[C@@]2(C(=O)OC(C)C)CC1. The second kappa shape index (κ2) is 6.08. The normalized spacial score (nSPS) is 24.9. The summed E-state index contributed by atoms with van der Waals surface area (Å²) < 4.78 is 10.7. The molecule has 0 amide bonds. The number of carbonyl (C=O) groups is 2. The van der Waals surface area contributed by atoms with Crippen LogP contribution < -0.4 is 0 Å². The van der Waals surface area contributed by atoms with Crippen molar-refractivity contribution in [2.75, 3.05) is 6.54 Å². The summed E-state index contributed by atoms with van der Waals surface area (Å²) in [4.78, 5) is 26.5. The Labute approximate surface area is 126 Å². The van der Waals surface area contributed by atoms with Crippen molar-refractivity contribution >= 4 is 11.9 Å². The van der Waals surface area contributed by atoms with Crippen LogP contribution in [0.4, 0.5) is 0 Å². The highest BCUT2D eigenvalue weighted by molar-refractivity contribution is 5.90. The van der Waals surface area contributed by atoms with E-state index >= 15 is 0 Å². The summed E-state index contributed by atoms with van der Waals surface area (Å²) in [5.74, 6) is -0.440. The smallest absolute Gasteiger partial charge is 0.335 e. The minimum absolute atomic E-state index is 0.120. The van der Waals surface area contributed by atoms with E-state index in [0.717, 1.165) is 19.4 Å². The van der Waals surface area contributed by atoms with Gasteiger partial charge in [0.25, 0.3) is 0 Å². The van der Waals surface area contributed by atoms with Crippen LogP contribution in [0.25, 0.3) is 0 Å². The van der Waals surface area contributed by atoms with E-state index in [9.17, 15) is 9.59 Å². The number of hydrogen-bond acceptors (Lipinski definition) is 5. The fraction of sp³-hybridized carbons (Fsp3) is 0.750. The van der Waals surface area contributed by atoms with Crippen molar-refractivity contribution in [3.8, 4) is 0 Å². The predicted octanol–water partition coefficient (Wildman–Crippen LogP) is 2.40. The van der Waals surface area contributed by atoms with E-state index in [2.05, 4.69) is 0 Å². The van der Waals surface area contributed by atoms with Gasteiger partial charge in [-0.25, -0.2) is 9.59 Å². The zero-order chi connectivity index (χ0) is 15.6. The quantitative estimate of drug-likeness (QED) is 0.745. The molecule has 2 aliphatic heterocycles. The molecule has 0 aliphatic carbocycles. The van der Waals surface area contributed by atoms with E-state index in [-0.39, 0.29) is 24.1 Å². The molecule has 1 saturated heterocycles. The first kappa shape index (κ1) is 15.9. The highest BCUT2D eigenvalue weighted by Crippen LogP contribution is 2.40. The Kier molecular flexibility index (Phi) is 4.59. The summed E-state index contributed by atoms with van der Waals surface area (Å²) in [6.45, 7) is 8.17. The molecule has 0 aromatic rings. The molecular formula is C16H25NO4. The Balaban J connectivity index is 2.16. The van der Waals surface area contributed by atoms with Crippen LogP contribution in [-0.2, 0) is 19.1 Å². The van der Waals surface area contributed by atoms with Gasteiger partial charge in [-0.05, 0) is 53.4 Å². The molecule has 5 heteroatoms. The summed E-state index contributed by atoms with van der Waals surface area (Å²) in [5.41, 5.74) is 0.0740. The average molecular weight is 295 g/mol. The minimum atomic E-state index is -0.577. The van der Waals surface area contributed by atoms with Gasteiger partial charge >= 0.3 is 11.9 Å². The Morgan fingerprint density at radius 1 is 1.14 bits per heavy atom.